The lowest BCUT2D eigenvalue weighted by molar-refractivity contribution is 0.0982. The van der Waals surface area contributed by atoms with Crippen molar-refractivity contribution in [1.29, 1.82) is 0 Å². The zero-order valence-corrected chi connectivity index (χ0v) is 9.68. The smallest absolute Gasteiger partial charge is 0.164 e. The molecule has 0 fully saturated rings. The molecule has 15 heavy (non-hydrogen) atoms. The molecule has 82 valence electrons. The van der Waals surface area contributed by atoms with E-state index < -0.39 is 0 Å². The van der Waals surface area contributed by atoms with E-state index in [4.69, 9.17) is 11.6 Å². The molecular weight excluding hydrogens is 210 g/mol. The number of hydrogen-bond donors (Lipinski definition) is 1. The molecule has 0 radical (unpaired) electrons. The highest BCUT2D eigenvalue weighted by Gasteiger charge is 2.04. The monoisotopic (exact) mass is 225 g/mol. The van der Waals surface area contributed by atoms with Gasteiger partial charge in [-0.15, -0.1) is 0 Å². The molecule has 0 saturated heterocycles. The van der Waals surface area contributed by atoms with Gasteiger partial charge in [-0.1, -0.05) is 18.5 Å². The lowest BCUT2D eigenvalue weighted by Crippen LogP contribution is -2.18. The first-order valence-corrected chi connectivity index (χ1v) is 5.61. The van der Waals surface area contributed by atoms with Gasteiger partial charge in [0.15, 0.2) is 5.78 Å². The fourth-order valence-corrected chi connectivity index (χ4v) is 1.41. The largest absolute Gasteiger partial charge is 0.316 e. The van der Waals surface area contributed by atoms with Crippen LogP contribution in [0.3, 0.4) is 0 Å². The van der Waals surface area contributed by atoms with Crippen molar-refractivity contribution in [3.05, 3.63) is 34.9 Å². The molecule has 1 aromatic carbocycles. The van der Waals surface area contributed by atoms with Crippen LogP contribution in [0.25, 0.3) is 0 Å². The van der Waals surface area contributed by atoms with Gasteiger partial charge >= 0.3 is 0 Å². The molecule has 0 unspecified atom stereocenters. The third-order valence-corrected chi connectivity index (χ3v) is 2.37. The number of ketones is 1. The SMILES string of the molecule is CCCNCCC(=O)c1ccc(Cl)cc1. The predicted octanol–water partition coefficient (Wildman–Crippen LogP) is 2.91. The van der Waals surface area contributed by atoms with Crippen molar-refractivity contribution in [1.82, 2.24) is 5.32 Å². The highest BCUT2D eigenvalue weighted by atomic mass is 35.5. The normalized spacial score (nSPS) is 10.3. The van der Waals surface area contributed by atoms with Gasteiger partial charge in [-0.05, 0) is 37.2 Å². The van der Waals surface area contributed by atoms with Gasteiger partial charge in [-0.3, -0.25) is 4.79 Å². The van der Waals surface area contributed by atoms with Crippen LogP contribution in [0.1, 0.15) is 30.1 Å². The second kappa shape index (κ2) is 6.59. The molecule has 1 aromatic rings. The van der Waals surface area contributed by atoms with Crippen molar-refractivity contribution in [2.45, 2.75) is 19.8 Å². The molecule has 0 heterocycles. The summed E-state index contributed by atoms with van der Waals surface area (Å²) >= 11 is 5.74. The number of carbonyl (C=O) groups excluding carboxylic acids is 1. The van der Waals surface area contributed by atoms with Crippen LogP contribution in [-0.2, 0) is 0 Å². The second-order valence-corrected chi connectivity index (χ2v) is 3.87. The van der Waals surface area contributed by atoms with Crippen molar-refractivity contribution in [3.63, 3.8) is 0 Å². The summed E-state index contributed by atoms with van der Waals surface area (Å²) in [6.07, 6.45) is 1.64. The summed E-state index contributed by atoms with van der Waals surface area (Å²) in [5, 5.41) is 3.86. The molecule has 0 bridgehead atoms. The molecule has 1 rings (SSSR count). The van der Waals surface area contributed by atoms with Crippen LogP contribution in [0.15, 0.2) is 24.3 Å². The molecule has 0 aliphatic heterocycles. The van der Waals surface area contributed by atoms with Crippen molar-refractivity contribution in [2.24, 2.45) is 0 Å². The Morgan fingerprint density at radius 3 is 2.53 bits per heavy atom. The van der Waals surface area contributed by atoms with E-state index in [0.717, 1.165) is 25.1 Å². The first-order valence-electron chi connectivity index (χ1n) is 5.23. The Bertz CT molecular complexity index is 308. The van der Waals surface area contributed by atoms with Gasteiger partial charge in [0.1, 0.15) is 0 Å². The van der Waals surface area contributed by atoms with Gasteiger partial charge in [-0.25, -0.2) is 0 Å². The van der Waals surface area contributed by atoms with E-state index in [-0.39, 0.29) is 5.78 Å². The number of hydrogen-bond acceptors (Lipinski definition) is 2. The van der Waals surface area contributed by atoms with E-state index in [1.54, 1.807) is 24.3 Å². The third-order valence-electron chi connectivity index (χ3n) is 2.12. The molecule has 0 aliphatic carbocycles. The van der Waals surface area contributed by atoms with E-state index >= 15 is 0 Å². The molecule has 0 aromatic heterocycles. The molecule has 2 nitrogen and oxygen atoms in total. The average molecular weight is 226 g/mol. The number of rotatable bonds is 6. The molecule has 0 saturated carbocycles. The summed E-state index contributed by atoms with van der Waals surface area (Å²) < 4.78 is 0. The summed E-state index contributed by atoms with van der Waals surface area (Å²) in [4.78, 5) is 11.6. The number of nitrogens with one attached hydrogen (secondary N) is 1. The first-order chi connectivity index (χ1) is 7.24. The summed E-state index contributed by atoms with van der Waals surface area (Å²) in [6, 6.07) is 7.03. The highest BCUT2D eigenvalue weighted by Crippen LogP contribution is 2.10. The minimum absolute atomic E-state index is 0.162. The van der Waals surface area contributed by atoms with E-state index in [2.05, 4.69) is 12.2 Å². The molecule has 0 atom stereocenters. The summed E-state index contributed by atoms with van der Waals surface area (Å²) in [5.74, 6) is 0.162. The quantitative estimate of drug-likeness (QED) is 0.596. The third kappa shape index (κ3) is 4.45. The van der Waals surface area contributed by atoms with Crippen molar-refractivity contribution >= 4 is 17.4 Å². The van der Waals surface area contributed by atoms with Gasteiger partial charge in [0.05, 0.1) is 0 Å². The minimum atomic E-state index is 0.162. The Morgan fingerprint density at radius 1 is 1.27 bits per heavy atom. The van der Waals surface area contributed by atoms with Crippen LogP contribution >= 0.6 is 11.6 Å². The van der Waals surface area contributed by atoms with E-state index in [0.29, 0.717) is 11.4 Å². The van der Waals surface area contributed by atoms with Gasteiger partial charge in [0.2, 0.25) is 0 Å². The summed E-state index contributed by atoms with van der Waals surface area (Å²) in [5.41, 5.74) is 0.734. The van der Waals surface area contributed by atoms with Crippen molar-refractivity contribution < 1.29 is 4.79 Å². The number of halogens is 1. The molecule has 1 N–H and O–H groups in total. The van der Waals surface area contributed by atoms with Gasteiger partial charge in [-0.2, -0.15) is 0 Å². The number of benzene rings is 1. The van der Waals surface area contributed by atoms with Gasteiger partial charge in [0.25, 0.3) is 0 Å². The van der Waals surface area contributed by atoms with Crippen molar-refractivity contribution in [2.75, 3.05) is 13.1 Å². The maximum absolute atomic E-state index is 11.6. The average Bonchev–Trinajstić information content (AvgIpc) is 2.25. The summed E-state index contributed by atoms with van der Waals surface area (Å²) in [7, 11) is 0. The lowest BCUT2D eigenvalue weighted by atomic mass is 10.1. The van der Waals surface area contributed by atoms with Gasteiger partial charge < -0.3 is 5.32 Å². The van der Waals surface area contributed by atoms with Crippen LogP contribution in [-0.4, -0.2) is 18.9 Å². The van der Waals surface area contributed by atoms with E-state index in [9.17, 15) is 4.79 Å². The fraction of sp³-hybridized carbons (Fsp3) is 0.417. The minimum Gasteiger partial charge on any atom is -0.316 e. The van der Waals surface area contributed by atoms with E-state index in [1.807, 2.05) is 0 Å². The van der Waals surface area contributed by atoms with E-state index in [1.165, 1.54) is 0 Å². The fourth-order valence-electron chi connectivity index (χ4n) is 1.28. The topological polar surface area (TPSA) is 29.1 Å². The molecule has 3 heteroatoms. The second-order valence-electron chi connectivity index (χ2n) is 3.43. The Hall–Kier alpha value is -0.860. The zero-order valence-electron chi connectivity index (χ0n) is 8.92. The Morgan fingerprint density at radius 2 is 1.93 bits per heavy atom. The van der Waals surface area contributed by atoms with Crippen LogP contribution in [0.5, 0.6) is 0 Å². The van der Waals surface area contributed by atoms with Crippen molar-refractivity contribution in [3.8, 4) is 0 Å². The molecule has 0 spiro atoms. The van der Waals surface area contributed by atoms with Gasteiger partial charge in [0, 0.05) is 23.6 Å². The summed E-state index contributed by atoms with van der Waals surface area (Å²) in [6.45, 7) is 3.82. The molecule has 0 aliphatic rings. The van der Waals surface area contributed by atoms with Crippen LogP contribution < -0.4 is 5.32 Å². The predicted molar refractivity (Wildman–Crippen MR) is 63.6 cm³/mol. The van der Waals surface area contributed by atoms with Crippen LogP contribution in [0, 0.1) is 0 Å². The lowest BCUT2D eigenvalue weighted by Gasteiger charge is -2.02. The number of Topliss-reactive ketones (excluding diaryl/α,β-unsaturated/α-hetero) is 1. The van der Waals surface area contributed by atoms with Crippen LogP contribution in [0.4, 0.5) is 0 Å². The Labute approximate surface area is 95.6 Å². The maximum Gasteiger partial charge on any atom is 0.164 e. The highest BCUT2D eigenvalue weighted by molar-refractivity contribution is 6.30. The Balaban J connectivity index is 2.37. The Kier molecular flexibility index (Phi) is 5.37. The maximum atomic E-state index is 11.6. The molecule has 0 amide bonds. The first kappa shape index (κ1) is 12.2. The van der Waals surface area contributed by atoms with Crippen LogP contribution in [0.2, 0.25) is 5.02 Å². The molecular formula is C12H16ClNO. The zero-order chi connectivity index (χ0) is 11.1. The number of carbonyl (C=O) groups is 1. The standard InChI is InChI=1S/C12H16ClNO/c1-2-8-14-9-7-12(15)10-3-5-11(13)6-4-10/h3-6,14H,2,7-9H2,1H3.